The Morgan fingerprint density at radius 2 is 1.92 bits per heavy atom. The van der Waals surface area contributed by atoms with Crippen molar-refractivity contribution in [3.8, 4) is 11.4 Å². The highest BCUT2D eigenvalue weighted by Crippen LogP contribution is 2.29. The van der Waals surface area contributed by atoms with Crippen LogP contribution in [0.15, 0.2) is 36.5 Å². The van der Waals surface area contributed by atoms with Crippen molar-refractivity contribution in [2.75, 3.05) is 23.7 Å². The Hall–Kier alpha value is -2.73. The predicted octanol–water partition coefficient (Wildman–Crippen LogP) is 2.51. The lowest BCUT2D eigenvalue weighted by molar-refractivity contribution is 0.498. The van der Waals surface area contributed by atoms with Gasteiger partial charge >= 0.3 is 0 Å². The van der Waals surface area contributed by atoms with E-state index in [2.05, 4.69) is 27.9 Å². The van der Waals surface area contributed by atoms with E-state index >= 15 is 0 Å². The van der Waals surface area contributed by atoms with Gasteiger partial charge in [0.2, 0.25) is 0 Å². The Labute approximate surface area is 146 Å². The number of hydrogen-bond acceptors (Lipinski definition) is 6. The van der Waals surface area contributed by atoms with Crippen molar-refractivity contribution < 1.29 is 0 Å². The van der Waals surface area contributed by atoms with Crippen LogP contribution in [0.3, 0.4) is 0 Å². The minimum atomic E-state index is 0.297. The largest absolute Gasteiger partial charge is 0.384 e. The summed E-state index contributed by atoms with van der Waals surface area (Å²) < 4.78 is 0. The number of aryl methyl sites for hydroxylation is 1. The van der Waals surface area contributed by atoms with E-state index in [0.29, 0.717) is 11.9 Å². The molecule has 4 rings (SSSR count). The fourth-order valence-electron chi connectivity index (χ4n) is 3.35. The van der Waals surface area contributed by atoms with E-state index in [1.807, 2.05) is 18.2 Å². The van der Waals surface area contributed by atoms with Crippen LogP contribution in [-0.4, -0.2) is 34.1 Å². The summed E-state index contributed by atoms with van der Waals surface area (Å²) in [5.41, 5.74) is 15.6. The van der Waals surface area contributed by atoms with E-state index < -0.39 is 0 Å². The van der Waals surface area contributed by atoms with Crippen molar-refractivity contribution in [3.05, 3.63) is 42.1 Å². The van der Waals surface area contributed by atoms with Gasteiger partial charge in [-0.25, -0.2) is 9.97 Å². The number of nitrogens with two attached hydrogens (primary N) is 2. The summed E-state index contributed by atoms with van der Waals surface area (Å²) in [6, 6.07) is 10.2. The van der Waals surface area contributed by atoms with E-state index in [4.69, 9.17) is 16.5 Å². The van der Waals surface area contributed by atoms with Gasteiger partial charge in [-0.05, 0) is 49.6 Å². The monoisotopic (exact) mass is 334 g/mol. The summed E-state index contributed by atoms with van der Waals surface area (Å²) in [4.78, 5) is 16.1. The average Bonchev–Trinajstić information content (AvgIpc) is 2.61. The van der Waals surface area contributed by atoms with Gasteiger partial charge < -0.3 is 16.4 Å². The van der Waals surface area contributed by atoms with Crippen molar-refractivity contribution >= 4 is 22.5 Å². The molecule has 3 aromatic rings. The number of fused-ring (bicyclic) bond motifs is 1. The smallest absolute Gasteiger partial charge is 0.129 e. The zero-order valence-electron chi connectivity index (χ0n) is 14.3. The molecule has 0 unspecified atom stereocenters. The van der Waals surface area contributed by atoms with Crippen LogP contribution < -0.4 is 16.4 Å². The zero-order valence-corrected chi connectivity index (χ0v) is 14.3. The van der Waals surface area contributed by atoms with Crippen molar-refractivity contribution in [1.82, 2.24) is 15.0 Å². The van der Waals surface area contributed by atoms with E-state index in [1.165, 1.54) is 0 Å². The highest BCUT2D eigenvalue weighted by Gasteiger charge is 2.19. The third kappa shape index (κ3) is 3.13. The van der Waals surface area contributed by atoms with Gasteiger partial charge in [-0.2, -0.15) is 0 Å². The number of pyridine rings is 3. The molecule has 1 aliphatic heterocycles. The van der Waals surface area contributed by atoms with Crippen LogP contribution >= 0.6 is 0 Å². The van der Waals surface area contributed by atoms with Crippen molar-refractivity contribution in [2.24, 2.45) is 5.73 Å². The quantitative estimate of drug-likeness (QED) is 0.748. The predicted molar refractivity (Wildman–Crippen MR) is 101 cm³/mol. The average molecular weight is 334 g/mol. The zero-order chi connectivity index (χ0) is 17.4. The second-order valence-electron chi connectivity index (χ2n) is 6.68. The SMILES string of the molecule is Cc1cc(-c2nc(N)cc3ncccc23)nc(N2CCC(N)CC2)c1. The lowest BCUT2D eigenvalue weighted by Crippen LogP contribution is -2.40. The Morgan fingerprint density at radius 3 is 2.72 bits per heavy atom. The number of anilines is 2. The van der Waals surface area contributed by atoms with Crippen LogP contribution in [0, 0.1) is 6.92 Å². The molecule has 1 fully saturated rings. The first-order valence-corrected chi connectivity index (χ1v) is 8.61. The fraction of sp³-hybridized carbons (Fsp3) is 0.316. The van der Waals surface area contributed by atoms with Crippen molar-refractivity contribution in [1.29, 1.82) is 0 Å². The molecular formula is C19H22N6. The molecule has 0 spiro atoms. The Balaban J connectivity index is 1.81. The molecule has 0 atom stereocenters. The first-order chi connectivity index (χ1) is 12.1. The summed E-state index contributed by atoms with van der Waals surface area (Å²) in [6.07, 6.45) is 3.75. The van der Waals surface area contributed by atoms with Gasteiger partial charge in [0, 0.05) is 36.8 Å². The molecule has 4 N–H and O–H groups in total. The van der Waals surface area contributed by atoms with Gasteiger partial charge in [-0.3, -0.25) is 4.98 Å². The van der Waals surface area contributed by atoms with E-state index in [-0.39, 0.29) is 0 Å². The standard InChI is InChI=1S/C19H22N6/c1-12-9-16(23-18(10-12)25-7-4-13(20)5-8-25)19-14-3-2-6-22-15(14)11-17(21)24-19/h2-3,6,9-11,13H,4-5,7-8,20H2,1H3,(H2,21,24). The summed E-state index contributed by atoms with van der Waals surface area (Å²) in [5.74, 6) is 1.43. The van der Waals surface area contributed by atoms with E-state index in [0.717, 1.165) is 59.6 Å². The number of rotatable bonds is 2. The number of aromatic nitrogens is 3. The van der Waals surface area contributed by atoms with Crippen LogP contribution in [0.4, 0.5) is 11.6 Å². The van der Waals surface area contributed by atoms with Crippen LogP contribution in [-0.2, 0) is 0 Å². The second kappa shape index (κ2) is 6.29. The molecule has 25 heavy (non-hydrogen) atoms. The van der Waals surface area contributed by atoms with Gasteiger partial charge in [0.15, 0.2) is 0 Å². The minimum Gasteiger partial charge on any atom is -0.384 e. The molecular weight excluding hydrogens is 312 g/mol. The number of nitrogens with zero attached hydrogens (tertiary/aromatic N) is 4. The Kier molecular flexibility index (Phi) is 3.97. The first kappa shape index (κ1) is 15.8. The minimum absolute atomic E-state index is 0.297. The molecule has 0 radical (unpaired) electrons. The molecule has 128 valence electrons. The number of nitrogen functional groups attached to an aromatic ring is 1. The van der Waals surface area contributed by atoms with Gasteiger partial charge in [0.05, 0.1) is 11.2 Å². The second-order valence-corrected chi connectivity index (χ2v) is 6.68. The van der Waals surface area contributed by atoms with Gasteiger partial charge in [0.1, 0.15) is 17.3 Å². The fourth-order valence-corrected chi connectivity index (χ4v) is 3.35. The van der Waals surface area contributed by atoms with E-state index in [9.17, 15) is 0 Å². The van der Waals surface area contributed by atoms with Crippen LogP contribution in [0.2, 0.25) is 0 Å². The first-order valence-electron chi connectivity index (χ1n) is 8.61. The summed E-state index contributed by atoms with van der Waals surface area (Å²) in [6.45, 7) is 3.95. The lowest BCUT2D eigenvalue weighted by Gasteiger charge is -2.31. The van der Waals surface area contributed by atoms with Crippen LogP contribution in [0.25, 0.3) is 22.3 Å². The summed E-state index contributed by atoms with van der Waals surface area (Å²) in [7, 11) is 0. The third-order valence-electron chi connectivity index (χ3n) is 4.68. The Morgan fingerprint density at radius 1 is 1.12 bits per heavy atom. The lowest BCUT2D eigenvalue weighted by atomic mass is 10.1. The molecule has 6 heteroatoms. The van der Waals surface area contributed by atoms with Crippen molar-refractivity contribution in [3.63, 3.8) is 0 Å². The van der Waals surface area contributed by atoms with Gasteiger partial charge in [-0.1, -0.05) is 0 Å². The van der Waals surface area contributed by atoms with Gasteiger partial charge in [-0.15, -0.1) is 0 Å². The molecule has 4 heterocycles. The molecule has 0 bridgehead atoms. The molecule has 6 nitrogen and oxygen atoms in total. The molecule has 1 saturated heterocycles. The highest BCUT2D eigenvalue weighted by molar-refractivity contribution is 5.93. The highest BCUT2D eigenvalue weighted by atomic mass is 15.2. The maximum Gasteiger partial charge on any atom is 0.129 e. The normalized spacial score (nSPS) is 15.7. The maximum absolute atomic E-state index is 6.03. The van der Waals surface area contributed by atoms with Gasteiger partial charge in [0.25, 0.3) is 0 Å². The molecule has 0 aliphatic carbocycles. The number of hydrogen-bond donors (Lipinski definition) is 2. The molecule has 0 amide bonds. The Bertz CT molecular complexity index is 915. The van der Waals surface area contributed by atoms with Crippen molar-refractivity contribution in [2.45, 2.75) is 25.8 Å². The maximum atomic E-state index is 6.03. The topological polar surface area (TPSA) is 93.9 Å². The summed E-state index contributed by atoms with van der Waals surface area (Å²) in [5, 5.41) is 0.960. The molecule has 0 aromatic carbocycles. The molecule has 1 aliphatic rings. The van der Waals surface area contributed by atoms with E-state index in [1.54, 1.807) is 12.3 Å². The summed E-state index contributed by atoms with van der Waals surface area (Å²) >= 11 is 0. The molecule has 0 saturated carbocycles. The van der Waals surface area contributed by atoms with Crippen LogP contribution in [0.1, 0.15) is 18.4 Å². The van der Waals surface area contributed by atoms with Crippen LogP contribution in [0.5, 0.6) is 0 Å². The molecule has 3 aromatic heterocycles. The third-order valence-corrected chi connectivity index (χ3v) is 4.68. The number of piperidine rings is 1.